The summed E-state index contributed by atoms with van der Waals surface area (Å²) in [5.41, 5.74) is -0.176. The molecule has 0 amide bonds. The van der Waals surface area contributed by atoms with E-state index in [1.807, 2.05) is 13.8 Å². The molecule has 1 aromatic carbocycles. The molecular weight excluding hydrogens is 286 g/mol. The minimum atomic E-state index is -3.93. The van der Waals surface area contributed by atoms with E-state index in [1.165, 1.54) is 0 Å². The van der Waals surface area contributed by atoms with Crippen molar-refractivity contribution in [2.24, 2.45) is 0 Å². The van der Waals surface area contributed by atoms with Gasteiger partial charge in [-0.25, -0.2) is 0 Å². The van der Waals surface area contributed by atoms with E-state index in [0.29, 0.717) is 13.0 Å². The van der Waals surface area contributed by atoms with Gasteiger partial charge in [-0.2, -0.15) is 8.42 Å². The summed E-state index contributed by atoms with van der Waals surface area (Å²) in [6.07, 6.45) is 0.330. The molecule has 1 atom stereocenters. The minimum absolute atomic E-state index is 0.0797. The third-order valence-corrected chi connectivity index (χ3v) is 3.90. The summed E-state index contributed by atoms with van der Waals surface area (Å²) in [6, 6.07) is 4.54. The third-order valence-electron chi connectivity index (χ3n) is 2.60. The van der Waals surface area contributed by atoms with Crippen LogP contribution in [-0.4, -0.2) is 32.7 Å². The second-order valence-corrected chi connectivity index (χ2v) is 5.59. The molecule has 0 heterocycles. The highest BCUT2D eigenvalue weighted by Gasteiger charge is 2.19. The Hall–Kier alpha value is -1.51. The van der Waals surface area contributed by atoms with Gasteiger partial charge in [0.15, 0.2) is 0 Å². The van der Waals surface area contributed by atoms with Crippen molar-refractivity contribution in [3.63, 3.8) is 0 Å². The van der Waals surface area contributed by atoms with Crippen LogP contribution in [0.1, 0.15) is 20.3 Å². The van der Waals surface area contributed by atoms with Crippen LogP contribution in [0.25, 0.3) is 0 Å². The van der Waals surface area contributed by atoms with Crippen molar-refractivity contribution >= 4 is 15.8 Å². The van der Waals surface area contributed by atoms with Gasteiger partial charge in [0.05, 0.1) is 22.5 Å². The Labute approximate surface area is 117 Å². The third kappa shape index (κ3) is 4.55. The number of hydrogen-bond acceptors (Lipinski definition) is 6. The number of nitrogens with zero attached hydrogens (tertiary/aromatic N) is 1. The molecular formula is C12H17NO6S. The van der Waals surface area contributed by atoms with Crippen molar-refractivity contribution in [1.82, 2.24) is 0 Å². The highest BCUT2D eigenvalue weighted by atomic mass is 32.2. The molecule has 0 unspecified atom stereocenters. The first-order valence-corrected chi connectivity index (χ1v) is 7.57. The lowest BCUT2D eigenvalue weighted by Crippen LogP contribution is -2.21. The molecule has 0 saturated carbocycles. The Morgan fingerprint density at radius 2 is 1.85 bits per heavy atom. The number of nitro benzene ring substituents is 1. The van der Waals surface area contributed by atoms with Gasteiger partial charge in [0.2, 0.25) is 0 Å². The van der Waals surface area contributed by atoms with Gasteiger partial charge in [-0.05, 0) is 25.5 Å². The first-order chi connectivity index (χ1) is 9.40. The Morgan fingerprint density at radius 3 is 2.30 bits per heavy atom. The van der Waals surface area contributed by atoms with E-state index in [4.69, 9.17) is 8.92 Å². The normalized spacial score (nSPS) is 13.1. The van der Waals surface area contributed by atoms with Crippen LogP contribution in [0.5, 0.6) is 0 Å². The zero-order valence-corrected chi connectivity index (χ0v) is 12.1. The maximum atomic E-state index is 11.9. The second kappa shape index (κ2) is 7.32. The topological polar surface area (TPSA) is 95.7 Å². The van der Waals surface area contributed by atoms with Crippen LogP contribution in [0.4, 0.5) is 5.69 Å². The predicted molar refractivity (Wildman–Crippen MR) is 71.9 cm³/mol. The second-order valence-electron chi connectivity index (χ2n) is 3.98. The van der Waals surface area contributed by atoms with Crippen LogP contribution in [-0.2, 0) is 19.0 Å². The number of nitro groups is 1. The molecule has 1 rings (SSSR count). The van der Waals surface area contributed by atoms with Crippen molar-refractivity contribution in [3.05, 3.63) is 34.4 Å². The molecule has 0 aromatic heterocycles. The largest absolute Gasteiger partial charge is 0.376 e. The Balaban J connectivity index is 2.75. The molecule has 7 nitrogen and oxygen atoms in total. The zero-order valence-electron chi connectivity index (χ0n) is 11.3. The summed E-state index contributed by atoms with van der Waals surface area (Å²) in [6.45, 7) is 4.07. The van der Waals surface area contributed by atoms with Crippen LogP contribution in [0, 0.1) is 10.1 Å². The molecule has 8 heteroatoms. The maximum absolute atomic E-state index is 11.9. The lowest BCUT2D eigenvalue weighted by atomic mass is 10.3. The van der Waals surface area contributed by atoms with Crippen molar-refractivity contribution in [2.75, 3.05) is 13.2 Å². The molecule has 0 fully saturated rings. The molecule has 0 aliphatic rings. The van der Waals surface area contributed by atoms with E-state index >= 15 is 0 Å². The smallest absolute Gasteiger partial charge is 0.297 e. The Bertz CT molecular complexity index is 540. The van der Waals surface area contributed by atoms with E-state index in [-0.39, 0.29) is 23.3 Å². The molecule has 1 aromatic rings. The fraction of sp³-hybridized carbons (Fsp3) is 0.500. The number of non-ortho nitro benzene ring substituents is 1. The van der Waals surface area contributed by atoms with Gasteiger partial charge in [-0.3, -0.25) is 14.3 Å². The summed E-state index contributed by atoms with van der Waals surface area (Å²) in [7, 11) is -3.93. The summed E-state index contributed by atoms with van der Waals surface area (Å²) in [5.74, 6) is 0. The lowest BCUT2D eigenvalue weighted by molar-refractivity contribution is -0.384. The molecule has 0 aliphatic carbocycles. The van der Waals surface area contributed by atoms with Crippen LogP contribution in [0.3, 0.4) is 0 Å². The molecule has 112 valence electrons. The van der Waals surface area contributed by atoms with Crippen LogP contribution < -0.4 is 0 Å². The highest BCUT2D eigenvalue weighted by Crippen LogP contribution is 2.18. The van der Waals surface area contributed by atoms with Gasteiger partial charge in [0.25, 0.3) is 15.8 Å². The van der Waals surface area contributed by atoms with Crippen molar-refractivity contribution in [3.8, 4) is 0 Å². The summed E-state index contributed by atoms with van der Waals surface area (Å²) < 4.78 is 34.0. The molecule has 0 aliphatic heterocycles. The maximum Gasteiger partial charge on any atom is 0.297 e. The predicted octanol–water partition coefficient (Wildman–Crippen LogP) is 2.12. The SMILES string of the molecule is CCO[C@@H](CC)COS(=O)(=O)c1ccc([N+](=O)[O-])cc1. The van der Waals surface area contributed by atoms with Gasteiger partial charge in [0, 0.05) is 18.7 Å². The average molecular weight is 303 g/mol. The van der Waals surface area contributed by atoms with E-state index in [9.17, 15) is 18.5 Å². The van der Waals surface area contributed by atoms with Gasteiger partial charge in [-0.1, -0.05) is 6.92 Å². The number of hydrogen-bond donors (Lipinski definition) is 0. The van der Waals surface area contributed by atoms with Crippen LogP contribution >= 0.6 is 0 Å². The number of rotatable bonds is 8. The Morgan fingerprint density at radius 1 is 1.25 bits per heavy atom. The average Bonchev–Trinajstić information content (AvgIpc) is 2.43. The van der Waals surface area contributed by atoms with Crippen molar-refractivity contribution < 1.29 is 22.3 Å². The first-order valence-electron chi connectivity index (χ1n) is 6.16. The molecule has 0 radical (unpaired) electrons. The number of benzene rings is 1. The Kier molecular flexibility index (Phi) is 6.05. The molecule has 0 bridgehead atoms. The molecule has 20 heavy (non-hydrogen) atoms. The van der Waals surface area contributed by atoms with E-state index in [1.54, 1.807) is 0 Å². The van der Waals surface area contributed by atoms with Gasteiger partial charge < -0.3 is 4.74 Å². The lowest BCUT2D eigenvalue weighted by Gasteiger charge is -2.14. The van der Waals surface area contributed by atoms with Gasteiger partial charge in [-0.15, -0.1) is 0 Å². The minimum Gasteiger partial charge on any atom is -0.376 e. The van der Waals surface area contributed by atoms with Gasteiger partial charge >= 0.3 is 0 Å². The highest BCUT2D eigenvalue weighted by molar-refractivity contribution is 7.86. The van der Waals surface area contributed by atoms with Crippen LogP contribution in [0.2, 0.25) is 0 Å². The van der Waals surface area contributed by atoms with E-state index in [2.05, 4.69) is 0 Å². The summed E-state index contributed by atoms with van der Waals surface area (Å²) >= 11 is 0. The molecule has 0 N–H and O–H groups in total. The number of ether oxygens (including phenoxy) is 1. The van der Waals surface area contributed by atoms with E-state index in [0.717, 1.165) is 24.3 Å². The monoisotopic (exact) mass is 303 g/mol. The summed E-state index contributed by atoms with van der Waals surface area (Å²) in [5, 5.41) is 10.5. The van der Waals surface area contributed by atoms with Crippen LogP contribution in [0.15, 0.2) is 29.2 Å². The fourth-order valence-electron chi connectivity index (χ4n) is 1.49. The quantitative estimate of drug-likeness (QED) is 0.414. The standard InChI is InChI=1S/C12H17NO6S/c1-3-11(18-4-2)9-19-20(16,17)12-7-5-10(6-8-12)13(14)15/h5-8,11H,3-4,9H2,1-2H3/t11-/m0/s1. The summed E-state index contributed by atoms with van der Waals surface area (Å²) in [4.78, 5) is 9.78. The molecule has 0 saturated heterocycles. The van der Waals surface area contributed by atoms with E-state index < -0.39 is 15.0 Å². The molecule has 0 spiro atoms. The van der Waals surface area contributed by atoms with Crippen molar-refractivity contribution in [1.29, 1.82) is 0 Å². The van der Waals surface area contributed by atoms with Gasteiger partial charge in [0.1, 0.15) is 0 Å². The zero-order chi connectivity index (χ0) is 15.2. The fourth-order valence-corrected chi connectivity index (χ4v) is 2.42. The first kappa shape index (κ1) is 16.5. The van der Waals surface area contributed by atoms with Crippen molar-refractivity contribution in [2.45, 2.75) is 31.3 Å².